The van der Waals surface area contributed by atoms with Crippen LogP contribution < -0.4 is 10.9 Å². The number of carbonyl (C=O) groups is 1. The van der Waals surface area contributed by atoms with Crippen molar-refractivity contribution in [3.63, 3.8) is 0 Å². The van der Waals surface area contributed by atoms with Crippen LogP contribution >= 0.6 is 0 Å². The number of carbonyl (C=O) groups excluding carboxylic acids is 1. The lowest BCUT2D eigenvalue weighted by Gasteiger charge is -2.30. The number of aryl methyl sites for hydroxylation is 1. The van der Waals surface area contributed by atoms with Crippen LogP contribution in [0.3, 0.4) is 0 Å². The minimum absolute atomic E-state index is 0.116. The third-order valence-electron chi connectivity index (χ3n) is 9.58. The van der Waals surface area contributed by atoms with E-state index in [-0.39, 0.29) is 24.0 Å². The van der Waals surface area contributed by atoms with Gasteiger partial charge in [0, 0.05) is 40.8 Å². The van der Waals surface area contributed by atoms with E-state index < -0.39 is 31.6 Å². The van der Waals surface area contributed by atoms with Crippen molar-refractivity contribution in [1.82, 2.24) is 24.8 Å². The number of halogens is 1. The van der Waals surface area contributed by atoms with E-state index in [2.05, 4.69) is 20.7 Å². The first kappa shape index (κ1) is 30.1. The lowest BCUT2D eigenvalue weighted by atomic mass is 9.82. The molecular formula is C34H35FN6O4Si. The highest BCUT2D eigenvalue weighted by atomic mass is 28.4. The van der Waals surface area contributed by atoms with Crippen molar-refractivity contribution >= 4 is 30.8 Å². The van der Waals surface area contributed by atoms with Gasteiger partial charge in [0.25, 0.3) is 11.5 Å². The van der Waals surface area contributed by atoms with E-state index >= 15 is 4.11 Å². The predicted octanol–water partition coefficient (Wildman–Crippen LogP) is 4.92. The van der Waals surface area contributed by atoms with Gasteiger partial charge in [-0.3, -0.25) is 14.3 Å². The number of nitrogens with one attached hydrogen (secondary N) is 1. The van der Waals surface area contributed by atoms with Gasteiger partial charge < -0.3 is 19.3 Å². The Balaban J connectivity index is 1.20. The molecule has 46 heavy (non-hydrogen) atoms. The fourth-order valence-electron chi connectivity index (χ4n) is 7.43. The van der Waals surface area contributed by atoms with Crippen LogP contribution in [0.2, 0.25) is 18.6 Å². The smallest absolute Gasteiger partial charge is 0.279 e. The van der Waals surface area contributed by atoms with Gasteiger partial charge in [-0.1, -0.05) is 60.7 Å². The summed E-state index contributed by atoms with van der Waals surface area (Å²) in [6.07, 6.45) is 3.27. The molecule has 10 nitrogen and oxygen atoms in total. The van der Waals surface area contributed by atoms with Gasteiger partial charge in [0.2, 0.25) is 8.41 Å². The van der Waals surface area contributed by atoms with Crippen molar-refractivity contribution in [2.45, 2.75) is 56.1 Å². The highest BCUT2D eigenvalue weighted by Crippen LogP contribution is 2.59. The van der Waals surface area contributed by atoms with E-state index in [9.17, 15) is 14.7 Å². The molecule has 2 N–H and O–H groups in total. The van der Waals surface area contributed by atoms with Crippen LogP contribution in [0.25, 0.3) is 16.5 Å². The second-order valence-corrected chi connectivity index (χ2v) is 16.5. The average molecular weight is 639 g/mol. The van der Waals surface area contributed by atoms with Crippen LogP contribution in [0.15, 0.2) is 90.0 Å². The van der Waals surface area contributed by atoms with Crippen LogP contribution in [0, 0.1) is 5.92 Å². The van der Waals surface area contributed by atoms with Crippen LogP contribution in [-0.2, 0) is 21.7 Å². The molecule has 1 fully saturated rings. The maximum Gasteiger partial charge on any atom is 0.279 e. The normalized spacial score (nSPS) is 23.2. The van der Waals surface area contributed by atoms with Crippen LogP contribution in [0.4, 0.5) is 9.80 Å². The van der Waals surface area contributed by atoms with Gasteiger partial charge in [-0.15, -0.1) is 5.10 Å². The van der Waals surface area contributed by atoms with Crippen LogP contribution in [0.5, 0.6) is 0 Å². The molecule has 0 radical (unpaired) electrons. The molecule has 1 amide bonds. The first-order valence-electron chi connectivity index (χ1n) is 15.5. The van der Waals surface area contributed by atoms with Gasteiger partial charge in [-0.2, -0.15) is 9.78 Å². The molecule has 1 unspecified atom stereocenters. The summed E-state index contributed by atoms with van der Waals surface area (Å²) in [6.45, 7) is 5.48. The van der Waals surface area contributed by atoms with E-state index in [0.717, 1.165) is 10.9 Å². The van der Waals surface area contributed by atoms with E-state index in [1.807, 2.05) is 49.4 Å². The van der Waals surface area contributed by atoms with Gasteiger partial charge in [0.15, 0.2) is 5.60 Å². The zero-order valence-corrected chi connectivity index (χ0v) is 26.8. The molecule has 4 heterocycles. The molecule has 0 saturated carbocycles. The maximum absolute atomic E-state index is 16.2. The number of aliphatic hydroxyl groups is 1. The van der Waals surface area contributed by atoms with E-state index in [0.29, 0.717) is 41.0 Å². The minimum Gasteiger partial charge on any atom is -0.395 e. The first-order chi connectivity index (χ1) is 22.1. The molecule has 3 aromatic carbocycles. The minimum atomic E-state index is -3.36. The molecule has 2 aromatic heterocycles. The standard InChI is InChI=1S/C34H35FN6O4Si/c1-21-31(46(2,3)35)30(15-16-40-19-29(38-39-40)26(20-42)22-9-5-4-6-10-22)45-34(21)27-17-24(13-14-28(27)37-33(34)44)41-32(43)25-12-8-7-11-23(25)18-36-41/h4-14,17-19,21,26,30-31,42H,15-16,20H2,1-3H3,(H,37,44)/t21-,26?,30+,31-,34+/m1/s1. The molecule has 5 aromatic rings. The summed E-state index contributed by atoms with van der Waals surface area (Å²) in [7, 11) is -3.36. The van der Waals surface area contributed by atoms with E-state index in [4.69, 9.17) is 4.74 Å². The molecule has 7 rings (SSSR count). The monoisotopic (exact) mass is 638 g/mol. The number of amides is 1. The third kappa shape index (κ3) is 4.88. The highest BCUT2D eigenvalue weighted by Gasteiger charge is 2.65. The quantitative estimate of drug-likeness (QED) is 0.183. The Labute approximate surface area is 266 Å². The van der Waals surface area contributed by atoms with Gasteiger partial charge in [0.05, 0.1) is 41.6 Å². The number of hydrogen-bond donors (Lipinski definition) is 2. The fourth-order valence-corrected chi connectivity index (χ4v) is 9.97. The van der Waals surface area contributed by atoms with Crippen molar-refractivity contribution in [1.29, 1.82) is 0 Å². The number of rotatable bonds is 8. The first-order valence-corrected chi connectivity index (χ1v) is 18.4. The SMILES string of the molecule is C[C@@H]1[C@@H]([Si](C)(C)F)[C@H](CCn2cc(C(CO)c3ccccc3)nn2)O[C@@]12C(=O)Nc1ccc(-n3ncc4ccccc4c3=O)cc12. The lowest BCUT2D eigenvalue weighted by molar-refractivity contribution is -0.143. The van der Waals surface area contributed by atoms with E-state index in [1.54, 1.807) is 60.5 Å². The van der Waals surface area contributed by atoms with Crippen molar-refractivity contribution in [2.24, 2.45) is 5.92 Å². The summed E-state index contributed by atoms with van der Waals surface area (Å²) in [5.41, 5.74) is 1.01. The summed E-state index contributed by atoms with van der Waals surface area (Å²) in [5.74, 6) is -1.14. The molecule has 0 bridgehead atoms. The Morgan fingerprint density at radius 2 is 1.85 bits per heavy atom. The lowest BCUT2D eigenvalue weighted by Crippen LogP contribution is -2.42. The molecule has 2 aliphatic heterocycles. The number of ether oxygens (including phenoxy) is 1. The highest BCUT2D eigenvalue weighted by molar-refractivity contribution is 6.72. The average Bonchev–Trinajstić information content (AvgIpc) is 3.71. The zero-order valence-electron chi connectivity index (χ0n) is 25.8. The van der Waals surface area contributed by atoms with Crippen molar-refractivity contribution in [3.8, 4) is 5.69 Å². The molecular weight excluding hydrogens is 603 g/mol. The Morgan fingerprint density at radius 1 is 1.09 bits per heavy atom. The van der Waals surface area contributed by atoms with Gasteiger partial charge in [-0.05, 0) is 49.3 Å². The Morgan fingerprint density at radius 3 is 2.61 bits per heavy atom. The van der Waals surface area contributed by atoms with Gasteiger partial charge in [-0.25, -0.2) is 0 Å². The number of nitrogens with zero attached hydrogens (tertiary/aromatic N) is 5. The number of benzene rings is 3. The summed E-state index contributed by atoms with van der Waals surface area (Å²) in [5, 5.41) is 27.3. The topological polar surface area (TPSA) is 124 Å². The van der Waals surface area contributed by atoms with E-state index in [1.165, 1.54) is 4.68 Å². The van der Waals surface area contributed by atoms with Gasteiger partial charge in [0.1, 0.15) is 0 Å². The van der Waals surface area contributed by atoms with Gasteiger partial charge >= 0.3 is 0 Å². The predicted molar refractivity (Wildman–Crippen MR) is 174 cm³/mol. The third-order valence-corrected chi connectivity index (χ3v) is 12.0. The molecule has 12 heteroatoms. The van der Waals surface area contributed by atoms with Crippen molar-refractivity contribution < 1.29 is 18.7 Å². The van der Waals surface area contributed by atoms with Crippen LogP contribution in [0.1, 0.15) is 36.1 Å². The molecule has 5 atom stereocenters. The molecule has 236 valence electrons. The zero-order chi connectivity index (χ0) is 32.2. The fraction of sp³-hybridized carbons (Fsp3) is 0.324. The molecule has 1 spiro atoms. The summed E-state index contributed by atoms with van der Waals surface area (Å²) >= 11 is 0. The molecule has 1 saturated heterocycles. The number of aliphatic hydroxyl groups excluding tert-OH is 1. The Hall–Kier alpha value is -4.52. The molecule has 0 aliphatic carbocycles. The summed E-state index contributed by atoms with van der Waals surface area (Å²) in [6, 6.07) is 22.1. The molecule has 2 aliphatic rings. The largest absolute Gasteiger partial charge is 0.395 e. The summed E-state index contributed by atoms with van der Waals surface area (Å²) in [4.78, 5) is 27.2. The van der Waals surface area contributed by atoms with Crippen molar-refractivity contribution in [2.75, 3.05) is 11.9 Å². The number of fused-ring (bicyclic) bond motifs is 3. The number of hydrogen-bond acceptors (Lipinski definition) is 7. The van der Waals surface area contributed by atoms with Crippen molar-refractivity contribution in [3.05, 3.63) is 112 Å². The number of anilines is 1. The Bertz CT molecular complexity index is 1990. The second kappa shape index (κ2) is 11.4. The Kier molecular flexibility index (Phi) is 7.45. The van der Waals surface area contributed by atoms with Crippen LogP contribution in [-0.4, -0.2) is 56.9 Å². The summed E-state index contributed by atoms with van der Waals surface area (Å²) < 4.78 is 25.9. The number of aromatic nitrogens is 5. The maximum atomic E-state index is 16.2. The second-order valence-electron chi connectivity index (χ2n) is 12.7.